The van der Waals surface area contributed by atoms with E-state index < -0.39 is 0 Å². The van der Waals surface area contributed by atoms with E-state index in [0.717, 1.165) is 0 Å². The topological polar surface area (TPSA) is 93.3 Å². The predicted molar refractivity (Wildman–Crippen MR) is 62.0 cm³/mol. The van der Waals surface area contributed by atoms with Crippen LogP contribution in [0.15, 0.2) is 23.8 Å². The van der Waals surface area contributed by atoms with E-state index in [9.17, 15) is 9.90 Å². The van der Waals surface area contributed by atoms with Crippen LogP contribution >= 0.6 is 0 Å². The second-order valence-electron chi connectivity index (χ2n) is 3.35. The molecule has 0 unspecified atom stereocenters. The fraction of sp³-hybridized carbons (Fsp3) is 0.167. The molecule has 88 valence electrons. The molecule has 0 heterocycles. The van der Waals surface area contributed by atoms with Gasteiger partial charge < -0.3 is 15.5 Å². The number of nitrogens with zero attached hydrogens (tertiary/aromatic N) is 1. The van der Waals surface area contributed by atoms with E-state index >= 15 is 0 Å². The van der Waals surface area contributed by atoms with Gasteiger partial charge in [0.15, 0.2) is 11.5 Å². The van der Waals surface area contributed by atoms with Gasteiger partial charge in [-0.15, -0.1) is 0 Å². The van der Waals surface area contributed by atoms with Crippen molar-refractivity contribution in [3.8, 4) is 17.6 Å². The quantitative estimate of drug-likeness (QED) is 0.307. The summed E-state index contributed by atoms with van der Waals surface area (Å²) in [5.74, 6) is -0.440. The minimum atomic E-state index is -0.234. The molecule has 0 saturated heterocycles. The van der Waals surface area contributed by atoms with Crippen LogP contribution in [0, 0.1) is 11.3 Å². The molecule has 0 aliphatic rings. The molecule has 0 radical (unpaired) electrons. The smallest absolute Gasteiger partial charge is 0.207 e. The average Bonchev–Trinajstić information content (AvgIpc) is 2.32. The summed E-state index contributed by atoms with van der Waals surface area (Å²) in [6.07, 6.45) is 2.57. The summed E-state index contributed by atoms with van der Waals surface area (Å²) in [6, 6.07) is 6.30. The Morgan fingerprint density at radius 3 is 2.76 bits per heavy atom. The van der Waals surface area contributed by atoms with Crippen LogP contribution in [-0.4, -0.2) is 23.2 Å². The third-order valence-corrected chi connectivity index (χ3v) is 2.11. The van der Waals surface area contributed by atoms with E-state index in [1.54, 1.807) is 12.1 Å². The predicted octanol–water partition coefficient (Wildman–Crippen LogP) is 1.14. The van der Waals surface area contributed by atoms with Crippen LogP contribution in [-0.2, 0) is 4.79 Å². The van der Waals surface area contributed by atoms with Gasteiger partial charge in [-0.3, -0.25) is 4.79 Å². The maximum atomic E-state index is 10.0. The molecule has 0 atom stereocenters. The number of benzene rings is 1. The summed E-state index contributed by atoms with van der Waals surface area (Å²) in [6.45, 7) is 0.382. The number of phenolic OH excluding ortho intramolecular Hbond substituents is 2. The summed E-state index contributed by atoms with van der Waals surface area (Å²) in [7, 11) is 0. The fourth-order valence-electron chi connectivity index (χ4n) is 1.26. The molecule has 0 aliphatic heterocycles. The number of amides is 1. The van der Waals surface area contributed by atoms with Crippen molar-refractivity contribution in [2.75, 3.05) is 6.54 Å². The van der Waals surface area contributed by atoms with E-state index in [1.807, 2.05) is 6.07 Å². The van der Waals surface area contributed by atoms with Crippen molar-refractivity contribution in [1.82, 2.24) is 5.32 Å². The molecule has 1 aromatic rings. The lowest BCUT2D eigenvalue weighted by atomic mass is 10.1. The molecule has 0 aliphatic carbocycles. The van der Waals surface area contributed by atoms with Crippen LogP contribution in [0.4, 0.5) is 0 Å². The molecule has 3 N–H and O–H groups in total. The normalized spacial score (nSPS) is 10.6. The lowest BCUT2D eigenvalue weighted by molar-refractivity contribution is -0.109. The van der Waals surface area contributed by atoms with Crippen molar-refractivity contribution in [2.45, 2.75) is 6.42 Å². The van der Waals surface area contributed by atoms with Crippen molar-refractivity contribution in [2.24, 2.45) is 0 Å². The Bertz CT molecular complexity index is 475. The molecular weight excluding hydrogens is 220 g/mol. The Hall–Kier alpha value is -2.48. The summed E-state index contributed by atoms with van der Waals surface area (Å²) in [4.78, 5) is 10.0. The van der Waals surface area contributed by atoms with Gasteiger partial charge in [-0.1, -0.05) is 6.07 Å². The van der Waals surface area contributed by atoms with Crippen LogP contribution in [0.1, 0.15) is 12.0 Å². The van der Waals surface area contributed by atoms with Gasteiger partial charge in [0.2, 0.25) is 6.41 Å². The molecule has 1 aromatic carbocycles. The van der Waals surface area contributed by atoms with Gasteiger partial charge in [-0.05, 0) is 30.2 Å². The lowest BCUT2D eigenvalue weighted by Gasteiger charge is -2.01. The number of rotatable bonds is 5. The van der Waals surface area contributed by atoms with Gasteiger partial charge >= 0.3 is 0 Å². The molecule has 1 rings (SSSR count). The highest BCUT2D eigenvalue weighted by molar-refractivity contribution is 5.60. The minimum absolute atomic E-state index is 0.205. The standard InChI is InChI=1S/C12H12N2O3/c13-7-10(3-4-14-8-15)5-9-1-2-11(16)12(17)6-9/h1-2,5-6,8,16-17H,3-4H2,(H,14,15). The summed E-state index contributed by atoms with van der Waals surface area (Å²) in [5.41, 5.74) is 1.09. The highest BCUT2D eigenvalue weighted by Crippen LogP contribution is 2.26. The number of hydrogen-bond donors (Lipinski definition) is 3. The largest absolute Gasteiger partial charge is 0.504 e. The molecule has 0 saturated carbocycles. The number of nitrogens with one attached hydrogen (secondary N) is 1. The van der Waals surface area contributed by atoms with Crippen LogP contribution < -0.4 is 5.32 Å². The molecular formula is C12H12N2O3. The van der Waals surface area contributed by atoms with E-state index in [2.05, 4.69) is 5.32 Å². The van der Waals surface area contributed by atoms with Crippen molar-refractivity contribution in [3.05, 3.63) is 29.3 Å². The van der Waals surface area contributed by atoms with Crippen molar-refractivity contribution < 1.29 is 15.0 Å². The zero-order valence-corrected chi connectivity index (χ0v) is 9.05. The van der Waals surface area contributed by atoms with E-state index in [4.69, 9.17) is 10.4 Å². The van der Waals surface area contributed by atoms with Crippen LogP contribution in [0.5, 0.6) is 11.5 Å². The monoisotopic (exact) mass is 232 g/mol. The van der Waals surface area contributed by atoms with Gasteiger partial charge in [0.1, 0.15) is 0 Å². The third-order valence-electron chi connectivity index (χ3n) is 2.11. The van der Waals surface area contributed by atoms with Crippen LogP contribution in [0.2, 0.25) is 0 Å². The summed E-state index contributed by atoms with van der Waals surface area (Å²) >= 11 is 0. The summed E-state index contributed by atoms with van der Waals surface area (Å²) in [5, 5.41) is 29.7. The minimum Gasteiger partial charge on any atom is -0.504 e. The van der Waals surface area contributed by atoms with Gasteiger partial charge in [-0.2, -0.15) is 5.26 Å². The number of hydrogen-bond acceptors (Lipinski definition) is 4. The molecule has 0 aromatic heterocycles. The maximum absolute atomic E-state index is 10.0. The Kier molecular flexibility index (Phi) is 4.58. The molecule has 0 spiro atoms. The molecule has 0 fully saturated rings. The second kappa shape index (κ2) is 6.18. The first kappa shape index (κ1) is 12.6. The first-order valence-electron chi connectivity index (χ1n) is 4.97. The SMILES string of the molecule is N#CC(=Cc1ccc(O)c(O)c1)CCNC=O. The van der Waals surface area contributed by atoms with Gasteiger partial charge in [-0.25, -0.2) is 0 Å². The number of nitriles is 1. The molecule has 1 amide bonds. The van der Waals surface area contributed by atoms with Gasteiger partial charge in [0, 0.05) is 12.1 Å². The average molecular weight is 232 g/mol. The Balaban J connectivity index is 2.80. The van der Waals surface area contributed by atoms with E-state index in [-0.39, 0.29) is 11.5 Å². The maximum Gasteiger partial charge on any atom is 0.207 e. The van der Waals surface area contributed by atoms with Crippen molar-refractivity contribution in [3.63, 3.8) is 0 Å². The molecule has 17 heavy (non-hydrogen) atoms. The number of aromatic hydroxyl groups is 2. The van der Waals surface area contributed by atoms with Gasteiger partial charge in [0.25, 0.3) is 0 Å². The molecule has 5 nitrogen and oxygen atoms in total. The second-order valence-corrected chi connectivity index (χ2v) is 3.35. The molecule has 0 bridgehead atoms. The Morgan fingerprint density at radius 2 is 2.18 bits per heavy atom. The fourth-order valence-corrected chi connectivity index (χ4v) is 1.26. The van der Waals surface area contributed by atoms with E-state index in [0.29, 0.717) is 30.5 Å². The van der Waals surface area contributed by atoms with Crippen LogP contribution in [0.25, 0.3) is 6.08 Å². The van der Waals surface area contributed by atoms with Crippen molar-refractivity contribution in [1.29, 1.82) is 5.26 Å². The van der Waals surface area contributed by atoms with Crippen LogP contribution in [0.3, 0.4) is 0 Å². The number of carbonyl (C=O) groups excluding carboxylic acids is 1. The number of phenols is 2. The highest BCUT2D eigenvalue weighted by Gasteiger charge is 2.01. The zero-order chi connectivity index (χ0) is 12.7. The zero-order valence-electron chi connectivity index (χ0n) is 9.05. The number of carbonyl (C=O) groups is 1. The van der Waals surface area contributed by atoms with E-state index in [1.165, 1.54) is 12.1 Å². The lowest BCUT2D eigenvalue weighted by Crippen LogP contribution is -2.12. The molecule has 5 heteroatoms. The first-order chi connectivity index (χ1) is 8.17. The Morgan fingerprint density at radius 1 is 1.41 bits per heavy atom. The van der Waals surface area contributed by atoms with Crippen molar-refractivity contribution >= 4 is 12.5 Å². The summed E-state index contributed by atoms with van der Waals surface area (Å²) < 4.78 is 0. The van der Waals surface area contributed by atoms with Gasteiger partial charge in [0.05, 0.1) is 6.07 Å². The third kappa shape index (κ3) is 3.87. The highest BCUT2D eigenvalue weighted by atomic mass is 16.3. The first-order valence-corrected chi connectivity index (χ1v) is 4.97. The Labute approximate surface area is 98.6 Å².